The molecule has 0 spiro atoms. The molecular weight excluding hydrogens is 340 g/mol. The van der Waals surface area contributed by atoms with Crippen LogP contribution in [-0.4, -0.2) is 32.3 Å². The molecule has 6 nitrogen and oxygen atoms in total. The van der Waals surface area contributed by atoms with Crippen LogP contribution in [0.2, 0.25) is 0 Å². The first kappa shape index (κ1) is 17.9. The normalized spacial score (nSPS) is 17.5. The van der Waals surface area contributed by atoms with Crippen LogP contribution in [0.3, 0.4) is 0 Å². The minimum Gasteiger partial charge on any atom is -0.392 e. The summed E-state index contributed by atoms with van der Waals surface area (Å²) >= 11 is 0. The fourth-order valence-corrected chi connectivity index (χ4v) is 4.01. The van der Waals surface area contributed by atoms with Gasteiger partial charge in [0.25, 0.3) is 5.56 Å². The van der Waals surface area contributed by atoms with Crippen molar-refractivity contribution in [3.63, 3.8) is 0 Å². The van der Waals surface area contributed by atoms with Gasteiger partial charge in [-0.15, -0.1) is 0 Å². The summed E-state index contributed by atoms with van der Waals surface area (Å²) in [6, 6.07) is 7.83. The molecule has 1 fully saturated rings. The number of fused-ring (bicyclic) bond motifs is 1. The van der Waals surface area contributed by atoms with Crippen molar-refractivity contribution in [1.29, 1.82) is 0 Å². The topological polar surface area (TPSA) is 72.1 Å². The fraction of sp³-hybridized carbons (Fsp3) is 0.429. The van der Waals surface area contributed by atoms with Crippen LogP contribution in [0.4, 0.5) is 0 Å². The number of rotatable bonds is 4. The lowest BCUT2D eigenvalue weighted by Crippen LogP contribution is -2.32. The van der Waals surface area contributed by atoms with Crippen LogP contribution in [-0.2, 0) is 20.2 Å². The summed E-state index contributed by atoms with van der Waals surface area (Å²) in [5, 5.41) is 13.0. The second kappa shape index (κ2) is 7.29. The zero-order valence-corrected chi connectivity index (χ0v) is 15.9. The molecule has 0 bridgehead atoms. The summed E-state index contributed by atoms with van der Waals surface area (Å²) in [6.45, 7) is 4.82. The molecule has 2 N–H and O–H groups in total. The molecule has 27 heavy (non-hydrogen) atoms. The highest BCUT2D eigenvalue weighted by Crippen LogP contribution is 2.28. The first-order valence-electron chi connectivity index (χ1n) is 9.55. The predicted octanol–water partition coefficient (Wildman–Crippen LogP) is 2.20. The van der Waals surface area contributed by atoms with Gasteiger partial charge in [-0.25, -0.2) is 4.98 Å². The lowest BCUT2D eigenvalue weighted by molar-refractivity contribution is 0.282. The molecule has 3 heterocycles. The number of piperidine rings is 1. The number of hydrogen-bond acceptors (Lipinski definition) is 4. The van der Waals surface area contributed by atoms with Gasteiger partial charge in [-0.2, -0.15) is 0 Å². The maximum atomic E-state index is 12.1. The smallest absolute Gasteiger partial charge is 0.253 e. The van der Waals surface area contributed by atoms with Gasteiger partial charge in [0.15, 0.2) is 0 Å². The number of nitrogens with zero attached hydrogens (tertiary/aromatic N) is 3. The Bertz CT molecular complexity index is 1000. The van der Waals surface area contributed by atoms with E-state index in [1.54, 1.807) is 11.6 Å². The molecule has 1 atom stereocenters. The Morgan fingerprint density at radius 3 is 2.89 bits per heavy atom. The zero-order chi connectivity index (χ0) is 19.0. The van der Waals surface area contributed by atoms with Crippen molar-refractivity contribution in [2.24, 2.45) is 13.0 Å². The van der Waals surface area contributed by atoms with Crippen LogP contribution in [0.5, 0.6) is 0 Å². The van der Waals surface area contributed by atoms with E-state index >= 15 is 0 Å². The third-order valence-electron chi connectivity index (χ3n) is 5.46. The Morgan fingerprint density at radius 2 is 2.19 bits per heavy atom. The molecule has 4 rings (SSSR count). The van der Waals surface area contributed by atoms with E-state index in [0.717, 1.165) is 47.6 Å². The van der Waals surface area contributed by atoms with Crippen molar-refractivity contribution in [2.75, 3.05) is 13.1 Å². The average Bonchev–Trinajstić information content (AvgIpc) is 3.04. The molecule has 1 saturated heterocycles. The largest absolute Gasteiger partial charge is 0.392 e. The first-order chi connectivity index (χ1) is 13.1. The van der Waals surface area contributed by atoms with Gasteiger partial charge in [0.2, 0.25) is 0 Å². The van der Waals surface area contributed by atoms with E-state index in [-0.39, 0.29) is 12.2 Å². The summed E-state index contributed by atoms with van der Waals surface area (Å²) in [4.78, 5) is 17.0. The average molecular weight is 366 g/mol. The molecule has 3 aromatic rings. The molecule has 0 radical (unpaired) electrons. The predicted molar refractivity (Wildman–Crippen MR) is 107 cm³/mol. The second-order valence-electron chi connectivity index (χ2n) is 7.57. The summed E-state index contributed by atoms with van der Waals surface area (Å²) in [5.74, 6) is 1.42. The summed E-state index contributed by atoms with van der Waals surface area (Å²) in [5.41, 5.74) is 4.50. The number of aliphatic hydroxyl groups is 1. The highest BCUT2D eigenvalue weighted by atomic mass is 16.3. The maximum absolute atomic E-state index is 12.1. The Kier molecular flexibility index (Phi) is 4.85. The standard InChI is InChI=1S/C21H26N4O2/c1-14-8-17(12-24(2)21(14)27)20-23-18-6-5-15(13-26)9-19(18)25(20)11-16-4-3-7-22-10-16/h5-6,8-9,12,16,22,26H,3-4,7,10-11,13H2,1-2H3/t16-/m0/s1. The molecule has 1 aliphatic rings. The summed E-state index contributed by atoms with van der Waals surface area (Å²) in [6.07, 6.45) is 4.24. The van der Waals surface area contributed by atoms with Crippen LogP contribution < -0.4 is 10.9 Å². The number of hydrogen-bond donors (Lipinski definition) is 2. The Hall–Kier alpha value is -2.44. The monoisotopic (exact) mass is 366 g/mol. The molecule has 1 aromatic carbocycles. The zero-order valence-electron chi connectivity index (χ0n) is 15.9. The van der Waals surface area contributed by atoms with E-state index in [0.29, 0.717) is 11.5 Å². The van der Waals surface area contributed by atoms with Crippen LogP contribution in [0.25, 0.3) is 22.4 Å². The number of aryl methyl sites for hydroxylation is 2. The van der Waals surface area contributed by atoms with Crippen molar-refractivity contribution < 1.29 is 5.11 Å². The van der Waals surface area contributed by atoms with E-state index in [4.69, 9.17) is 4.98 Å². The van der Waals surface area contributed by atoms with Crippen LogP contribution in [0, 0.1) is 12.8 Å². The van der Waals surface area contributed by atoms with Crippen molar-refractivity contribution in [3.8, 4) is 11.4 Å². The van der Waals surface area contributed by atoms with Gasteiger partial charge >= 0.3 is 0 Å². The molecule has 2 aromatic heterocycles. The molecule has 0 aliphatic carbocycles. The Balaban J connectivity index is 1.88. The van der Waals surface area contributed by atoms with Crippen molar-refractivity contribution in [1.82, 2.24) is 19.4 Å². The van der Waals surface area contributed by atoms with Gasteiger partial charge in [-0.1, -0.05) is 6.07 Å². The quantitative estimate of drug-likeness (QED) is 0.743. The van der Waals surface area contributed by atoms with Crippen LogP contribution in [0.15, 0.2) is 35.3 Å². The molecule has 0 unspecified atom stereocenters. The first-order valence-corrected chi connectivity index (χ1v) is 9.55. The Morgan fingerprint density at radius 1 is 1.33 bits per heavy atom. The lowest BCUT2D eigenvalue weighted by atomic mass is 9.99. The van der Waals surface area contributed by atoms with E-state index in [2.05, 4.69) is 9.88 Å². The van der Waals surface area contributed by atoms with Gasteiger partial charge in [0, 0.05) is 30.9 Å². The van der Waals surface area contributed by atoms with Crippen molar-refractivity contribution in [3.05, 3.63) is 51.9 Å². The van der Waals surface area contributed by atoms with Gasteiger partial charge in [0.1, 0.15) is 5.82 Å². The van der Waals surface area contributed by atoms with E-state index in [1.165, 1.54) is 12.8 Å². The third kappa shape index (κ3) is 3.42. The van der Waals surface area contributed by atoms with Gasteiger partial charge < -0.3 is 19.6 Å². The van der Waals surface area contributed by atoms with Crippen LogP contribution in [0.1, 0.15) is 24.0 Å². The summed E-state index contributed by atoms with van der Waals surface area (Å²) in [7, 11) is 1.78. The van der Waals surface area contributed by atoms with Gasteiger partial charge in [0.05, 0.1) is 17.6 Å². The molecule has 0 saturated carbocycles. The maximum Gasteiger partial charge on any atom is 0.253 e. The van der Waals surface area contributed by atoms with E-state index in [1.807, 2.05) is 37.4 Å². The van der Waals surface area contributed by atoms with Gasteiger partial charge in [-0.05, 0) is 62.5 Å². The molecule has 1 aliphatic heterocycles. The second-order valence-corrected chi connectivity index (χ2v) is 7.57. The minimum absolute atomic E-state index is 0.0143. The highest BCUT2D eigenvalue weighted by Gasteiger charge is 2.20. The number of imidazole rings is 1. The molecule has 142 valence electrons. The van der Waals surface area contributed by atoms with E-state index < -0.39 is 0 Å². The SMILES string of the molecule is Cc1cc(-c2nc3ccc(CO)cc3n2C[C@H]2CCCNC2)cn(C)c1=O. The minimum atomic E-state index is 0.0143. The van der Waals surface area contributed by atoms with Crippen molar-refractivity contribution >= 4 is 11.0 Å². The van der Waals surface area contributed by atoms with Gasteiger partial charge in [-0.3, -0.25) is 4.79 Å². The molecular formula is C21H26N4O2. The number of benzene rings is 1. The van der Waals surface area contributed by atoms with E-state index in [9.17, 15) is 9.90 Å². The fourth-order valence-electron chi connectivity index (χ4n) is 4.01. The lowest BCUT2D eigenvalue weighted by Gasteiger charge is -2.24. The van der Waals surface area contributed by atoms with Crippen molar-refractivity contribution in [2.45, 2.75) is 32.9 Å². The number of aromatic nitrogens is 3. The highest BCUT2D eigenvalue weighted by molar-refractivity contribution is 5.81. The number of nitrogens with one attached hydrogen (secondary N) is 1. The molecule has 0 amide bonds. The summed E-state index contributed by atoms with van der Waals surface area (Å²) < 4.78 is 3.88. The van der Waals surface area contributed by atoms with Crippen LogP contribution >= 0.6 is 0 Å². The third-order valence-corrected chi connectivity index (χ3v) is 5.46. The number of pyridine rings is 1. The molecule has 6 heteroatoms. The Labute approximate surface area is 158 Å². The number of aliphatic hydroxyl groups excluding tert-OH is 1.